The predicted molar refractivity (Wildman–Crippen MR) is 88.5 cm³/mol. The van der Waals surface area contributed by atoms with Gasteiger partial charge in [0.25, 0.3) is 5.91 Å². The number of ether oxygens (including phenoxy) is 3. The smallest absolute Gasteiger partial charge is 0.307 e. The number of methoxy groups -OCH3 is 1. The molecule has 7 nitrogen and oxygen atoms in total. The van der Waals surface area contributed by atoms with Crippen molar-refractivity contribution in [1.29, 1.82) is 0 Å². The molecule has 0 aliphatic carbocycles. The first-order chi connectivity index (χ1) is 12.6. The summed E-state index contributed by atoms with van der Waals surface area (Å²) in [5, 5.41) is 2.68. The standard InChI is InChI=1S/C18H17FN2O5/c1-24-17(22)10-13(21-18(23)12-3-2-4-16(19)20-12)11-5-6-14-15(9-11)26-8-7-25-14/h2-6,9,13H,7-8,10H2,1H3,(H,21,23). The number of carbonyl (C=O) groups excluding carboxylic acids is 2. The Morgan fingerprint density at radius 1 is 1.23 bits per heavy atom. The molecule has 1 N–H and O–H groups in total. The Hall–Kier alpha value is -3.16. The molecule has 0 saturated heterocycles. The van der Waals surface area contributed by atoms with Crippen LogP contribution in [0.2, 0.25) is 0 Å². The largest absolute Gasteiger partial charge is 0.486 e. The van der Waals surface area contributed by atoms with E-state index < -0.39 is 23.9 Å². The molecule has 1 amide bonds. The normalized spacial score (nSPS) is 13.6. The lowest BCUT2D eigenvalue weighted by atomic mass is 10.0. The van der Waals surface area contributed by atoms with Crippen LogP contribution in [0.5, 0.6) is 11.5 Å². The maximum absolute atomic E-state index is 13.2. The monoisotopic (exact) mass is 360 g/mol. The number of pyridine rings is 1. The van der Waals surface area contributed by atoms with Crippen LogP contribution >= 0.6 is 0 Å². The van der Waals surface area contributed by atoms with Gasteiger partial charge in [0, 0.05) is 0 Å². The van der Waals surface area contributed by atoms with Crippen molar-refractivity contribution in [2.24, 2.45) is 0 Å². The molecule has 0 radical (unpaired) electrons. The lowest BCUT2D eigenvalue weighted by molar-refractivity contribution is -0.141. The molecule has 0 bridgehead atoms. The molecule has 136 valence electrons. The maximum atomic E-state index is 13.2. The van der Waals surface area contributed by atoms with Crippen LogP contribution in [0.1, 0.15) is 28.5 Å². The molecule has 26 heavy (non-hydrogen) atoms. The van der Waals surface area contributed by atoms with Gasteiger partial charge >= 0.3 is 5.97 Å². The van der Waals surface area contributed by atoms with Crippen molar-refractivity contribution in [3.05, 3.63) is 53.6 Å². The third-order valence-corrected chi connectivity index (χ3v) is 3.82. The number of nitrogens with one attached hydrogen (secondary N) is 1. The second-order valence-corrected chi connectivity index (χ2v) is 5.55. The number of hydrogen-bond donors (Lipinski definition) is 1. The fourth-order valence-corrected chi connectivity index (χ4v) is 2.55. The Morgan fingerprint density at radius 2 is 2.00 bits per heavy atom. The van der Waals surface area contributed by atoms with Crippen LogP contribution in [0.3, 0.4) is 0 Å². The van der Waals surface area contributed by atoms with Gasteiger partial charge in [0.1, 0.15) is 18.9 Å². The number of fused-ring (bicyclic) bond motifs is 1. The van der Waals surface area contributed by atoms with Gasteiger partial charge in [-0.2, -0.15) is 4.39 Å². The highest BCUT2D eigenvalue weighted by molar-refractivity contribution is 5.92. The SMILES string of the molecule is COC(=O)CC(NC(=O)c1cccc(F)n1)c1ccc2c(c1)OCCO2. The van der Waals surface area contributed by atoms with Gasteiger partial charge in [-0.05, 0) is 29.8 Å². The number of aromatic nitrogens is 1. The van der Waals surface area contributed by atoms with Gasteiger partial charge in [-0.1, -0.05) is 12.1 Å². The van der Waals surface area contributed by atoms with Crippen molar-refractivity contribution >= 4 is 11.9 Å². The lowest BCUT2D eigenvalue weighted by Gasteiger charge is -2.22. The summed E-state index contributed by atoms with van der Waals surface area (Å²) < 4.78 is 28.9. The molecule has 1 aliphatic rings. The fraction of sp³-hybridized carbons (Fsp3) is 0.278. The number of esters is 1. The number of hydrogen-bond acceptors (Lipinski definition) is 6. The average Bonchev–Trinajstić information content (AvgIpc) is 2.66. The number of rotatable bonds is 5. The number of amides is 1. The van der Waals surface area contributed by atoms with Gasteiger partial charge in [-0.3, -0.25) is 9.59 Å². The topological polar surface area (TPSA) is 86.8 Å². The molecule has 0 spiro atoms. The van der Waals surface area contributed by atoms with Crippen molar-refractivity contribution < 1.29 is 28.2 Å². The van der Waals surface area contributed by atoms with Crippen LogP contribution < -0.4 is 14.8 Å². The highest BCUT2D eigenvalue weighted by Gasteiger charge is 2.23. The van der Waals surface area contributed by atoms with Crippen LogP contribution in [0.25, 0.3) is 0 Å². The number of carbonyl (C=O) groups is 2. The Morgan fingerprint density at radius 3 is 2.73 bits per heavy atom. The molecule has 1 aliphatic heterocycles. The van der Waals surface area contributed by atoms with E-state index >= 15 is 0 Å². The van der Waals surface area contributed by atoms with E-state index in [0.717, 1.165) is 6.07 Å². The zero-order valence-electron chi connectivity index (χ0n) is 14.0. The van der Waals surface area contributed by atoms with Crippen molar-refractivity contribution in [1.82, 2.24) is 10.3 Å². The highest BCUT2D eigenvalue weighted by Crippen LogP contribution is 2.33. The summed E-state index contributed by atoms with van der Waals surface area (Å²) in [6.07, 6.45) is -0.100. The van der Waals surface area contributed by atoms with E-state index in [9.17, 15) is 14.0 Å². The highest BCUT2D eigenvalue weighted by atomic mass is 19.1. The molecule has 1 atom stereocenters. The zero-order valence-corrected chi connectivity index (χ0v) is 14.0. The van der Waals surface area contributed by atoms with E-state index in [-0.39, 0.29) is 12.1 Å². The fourth-order valence-electron chi connectivity index (χ4n) is 2.55. The molecule has 2 heterocycles. The minimum atomic E-state index is -0.763. The molecule has 1 aromatic carbocycles. The van der Waals surface area contributed by atoms with E-state index in [1.165, 1.54) is 19.2 Å². The number of halogens is 1. The summed E-state index contributed by atoms with van der Waals surface area (Å²) in [4.78, 5) is 27.7. The molecule has 3 rings (SSSR count). The van der Waals surface area contributed by atoms with Gasteiger partial charge in [0.2, 0.25) is 5.95 Å². The van der Waals surface area contributed by atoms with Gasteiger partial charge in [-0.25, -0.2) is 4.98 Å². The van der Waals surface area contributed by atoms with Crippen LogP contribution in [0.15, 0.2) is 36.4 Å². The number of benzene rings is 1. The first-order valence-electron chi connectivity index (χ1n) is 7.96. The van der Waals surface area contributed by atoms with Crippen molar-refractivity contribution in [2.75, 3.05) is 20.3 Å². The van der Waals surface area contributed by atoms with Gasteiger partial charge in [0.15, 0.2) is 11.5 Å². The Balaban J connectivity index is 1.85. The molecular formula is C18H17FN2O5. The molecule has 0 saturated carbocycles. The van der Waals surface area contributed by atoms with Crippen molar-refractivity contribution in [2.45, 2.75) is 12.5 Å². The summed E-state index contributed by atoms with van der Waals surface area (Å²) >= 11 is 0. The Bertz CT molecular complexity index is 827. The second-order valence-electron chi connectivity index (χ2n) is 5.55. The van der Waals surface area contributed by atoms with E-state index in [1.807, 2.05) is 0 Å². The molecule has 2 aromatic rings. The second kappa shape index (κ2) is 7.81. The van der Waals surface area contributed by atoms with E-state index in [2.05, 4.69) is 10.3 Å². The van der Waals surface area contributed by atoms with Crippen LogP contribution in [-0.2, 0) is 9.53 Å². The van der Waals surface area contributed by atoms with Crippen molar-refractivity contribution in [3.63, 3.8) is 0 Å². The summed E-state index contributed by atoms with van der Waals surface area (Å²) in [5.74, 6) is -0.746. The summed E-state index contributed by atoms with van der Waals surface area (Å²) in [6, 6.07) is 8.34. The van der Waals surface area contributed by atoms with Gasteiger partial charge < -0.3 is 19.5 Å². The van der Waals surface area contributed by atoms with E-state index in [1.54, 1.807) is 18.2 Å². The quantitative estimate of drug-likeness (QED) is 0.649. The summed E-state index contributed by atoms with van der Waals surface area (Å²) in [6.45, 7) is 0.873. The Kier molecular flexibility index (Phi) is 5.31. The predicted octanol–water partition coefficient (Wildman–Crippen LogP) is 2.03. The van der Waals surface area contributed by atoms with Gasteiger partial charge in [-0.15, -0.1) is 0 Å². The summed E-state index contributed by atoms with van der Waals surface area (Å²) in [7, 11) is 1.26. The minimum absolute atomic E-state index is 0.0857. The van der Waals surface area contributed by atoms with Crippen LogP contribution in [0.4, 0.5) is 4.39 Å². The third kappa shape index (κ3) is 4.08. The van der Waals surface area contributed by atoms with E-state index in [0.29, 0.717) is 30.3 Å². The first-order valence-corrected chi connectivity index (χ1v) is 7.96. The van der Waals surface area contributed by atoms with Crippen LogP contribution in [0, 0.1) is 5.95 Å². The third-order valence-electron chi connectivity index (χ3n) is 3.82. The van der Waals surface area contributed by atoms with E-state index in [4.69, 9.17) is 14.2 Å². The lowest BCUT2D eigenvalue weighted by Crippen LogP contribution is -2.31. The minimum Gasteiger partial charge on any atom is -0.486 e. The Labute approximate surface area is 149 Å². The molecule has 1 aromatic heterocycles. The zero-order chi connectivity index (χ0) is 18.5. The summed E-state index contributed by atoms with van der Waals surface area (Å²) in [5.41, 5.74) is 0.543. The molecule has 0 fully saturated rings. The molecule has 1 unspecified atom stereocenters. The average molecular weight is 360 g/mol. The number of nitrogens with zero attached hydrogens (tertiary/aromatic N) is 1. The van der Waals surface area contributed by atoms with Crippen molar-refractivity contribution in [3.8, 4) is 11.5 Å². The first kappa shape index (κ1) is 17.7. The van der Waals surface area contributed by atoms with Crippen LogP contribution in [-0.4, -0.2) is 37.2 Å². The maximum Gasteiger partial charge on any atom is 0.307 e. The molecule has 8 heteroatoms. The molecular weight excluding hydrogens is 343 g/mol. The van der Waals surface area contributed by atoms with Gasteiger partial charge in [0.05, 0.1) is 19.6 Å².